The Morgan fingerprint density at radius 3 is 1.91 bits per heavy atom. The summed E-state index contributed by atoms with van der Waals surface area (Å²) in [5, 5.41) is 10.8. The highest BCUT2D eigenvalue weighted by Crippen LogP contribution is 2.31. The predicted octanol–water partition coefficient (Wildman–Crippen LogP) is 8.59. The average Bonchev–Trinajstić information content (AvgIpc) is 3.32. The number of benzene rings is 2. The van der Waals surface area contributed by atoms with Crippen molar-refractivity contribution in [2.24, 2.45) is 5.92 Å². The molecule has 4 heteroatoms. The van der Waals surface area contributed by atoms with Gasteiger partial charge in [-0.1, -0.05) is 101 Å². The number of nitrogens with zero attached hydrogens (tertiary/aromatic N) is 2. The molecule has 3 aromatic rings. The fourth-order valence-corrected chi connectivity index (χ4v) is 4.58. The molecule has 0 spiro atoms. The Labute approximate surface area is 198 Å². The first-order valence-electron chi connectivity index (χ1n) is 12.4. The maximum atomic E-state index is 5.91. The van der Waals surface area contributed by atoms with Crippen LogP contribution >= 0.6 is 11.3 Å². The standard InChI is InChI=1S/C28H38N2OS/c1-4-6-7-8-9-10-11-20-31-26-18-16-25(17-19-26)28-30-29-27(32-28)24-14-12-23(13-15-24)21-22(3)5-2/h12-19,22H,4-11,20-21H2,1-3H3. The number of rotatable bonds is 14. The van der Waals surface area contributed by atoms with Crippen LogP contribution in [-0.4, -0.2) is 16.8 Å². The second-order valence-electron chi connectivity index (χ2n) is 8.82. The van der Waals surface area contributed by atoms with Gasteiger partial charge in [0.05, 0.1) is 6.61 Å². The summed E-state index contributed by atoms with van der Waals surface area (Å²) in [7, 11) is 0. The lowest BCUT2D eigenvalue weighted by atomic mass is 9.98. The minimum absolute atomic E-state index is 0.719. The van der Waals surface area contributed by atoms with Crippen LogP contribution in [-0.2, 0) is 6.42 Å². The van der Waals surface area contributed by atoms with Gasteiger partial charge >= 0.3 is 0 Å². The Kier molecular flexibility index (Phi) is 10.2. The lowest BCUT2D eigenvalue weighted by Crippen LogP contribution is -1.97. The monoisotopic (exact) mass is 450 g/mol. The minimum atomic E-state index is 0.719. The zero-order valence-electron chi connectivity index (χ0n) is 20.0. The smallest absolute Gasteiger partial charge is 0.148 e. The van der Waals surface area contributed by atoms with Crippen molar-refractivity contribution in [1.82, 2.24) is 10.2 Å². The molecule has 1 heterocycles. The first kappa shape index (κ1) is 24.4. The third kappa shape index (κ3) is 7.74. The summed E-state index contributed by atoms with van der Waals surface area (Å²) >= 11 is 1.64. The summed E-state index contributed by atoms with van der Waals surface area (Å²) in [5.74, 6) is 1.65. The first-order chi connectivity index (χ1) is 15.7. The topological polar surface area (TPSA) is 35.0 Å². The van der Waals surface area contributed by atoms with E-state index in [0.717, 1.165) is 52.3 Å². The van der Waals surface area contributed by atoms with Crippen LogP contribution in [0.15, 0.2) is 48.5 Å². The van der Waals surface area contributed by atoms with E-state index in [4.69, 9.17) is 4.74 Å². The third-order valence-electron chi connectivity index (χ3n) is 6.02. The fraction of sp³-hybridized carbons (Fsp3) is 0.500. The SMILES string of the molecule is CCCCCCCCCOc1ccc(-c2nnc(-c3ccc(CC(C)CC)cc3)s2)cc1. The molecule has 0 saturated carbocycles. The molecular formula is C28H38N2OS. The summed E-state index contributed by atoms with van der Waals surface area (Å²) in [6.07, 6.45) is 11.5. The maximum Gasteiger partial charge on any atom is 0.148 e. The molecule has 1 aromatic heterocycles. The van der Waals surface area contributed by atoms with Crippen LogP contribution in [0.2, 0.25) is 0 Å². The van der Waals surface area contributed by atoms with Crippen LogP contribution in [0.1, 0.15) is 77.7 Å². The van der Waals surface area contributed by atoms with E-state index in [-0.39, 0.29) is 0 Å². The van der Waals surface area contributed by atoms with E-state index in [9.17, 15) is 0 Å². The van der Waals surface area contributed by atoms with Crippen molar-refractivity contribution in [3.05, 3.63) is 54.1 Å². The van der Waals surface area contributed by atoms with E-state index in [2.05, 4.69) is 67.4 Å². The van der Waals surface area contributed by atoms with Gasteiger partial charge in [-0.15, -0.1) is 10.2 Å². The van der Waals surface area contributed by atoms with Gasteiger partial charge in [-0.3, -0.25) is 0 Å². The van der Waals surface area contributed by atoms with E-state index < -0.39 is 0 Å². The molecule has 1 atom stereocenters. The number of ether oxygens (including phenoxy) is 1. The van der Waals surface area contributed by atoms with Gasteiger partial charge in [0, 0.05) is 11.1 Å². The van der Waals surface area contributed by atoms with Crippen LogP contribution < -0.4 is 4.74 Å². The number of aromatic nitrogens is 2. The first-order valence-corrected chi connectivity index (χ1v) is 13.2. The molecule has 3 rings (SSSR count). The van der Waals surface area contributed by atoms with Crippen LogP contribution in [0.3, 0.4) is 0 Å². The summed E-state index contributed by atoms with van der Waals surface area (Å²) in [4.78, 5) is 0. The Morgan fingerprint density at radius 1 is 0.750 bits per heavy atom. The van der Waals surface area contributed by atoms with Gasteiger partial charge in [-0.2, -0.15) is 0 Å². The van der Waals surface area contributed by atoms with Gasteiger partial charge in [-0.05, 0) is 48.6 Å². The predicted molar refractivity (Wildman–Crippen MR) is 137 cm³/mol. The number of unbranched alkanes of at least 4 members (excludes halogenated alkanes) is 6. The zero-order chi connectivity index (χ0) is 22.6. The Bertz CT molecular complexity index is 902. The number of hydrogen-bond donors (Lipinski definition) is 0. The molecule has 0 fully saturated rings. The van der Waals surface area contributed by atoms with Crippen molar-refractivity contribution in [1.29, 1.82) is 0 Å². The molecule has 1 unspecified atom stereocenters. The van der Waals surface area contributed by atoms with Crippen molar-refractivity contribution in [2.75, 3.05) is 6.61 Å². The van der Waals surface area contributed by atoms with Crippen molar-refractivity contribution < 1.29 is 4.74 Å². The van der Waals surface area contributed by atoms with Gasteiger partial charge in [0.2, 0.25) is 0 Å². The lowest BCUT2D eigenvalue weighted by Gasteiger charge is -2.08. The molecule has 3 nitrogen and oxygen atoms in total. The van der Waals surface area contributed by atoms with Crippen molar-refractivity contribution in [2.45, 2.75) is 78.6 Å². The second kappa shape index (κ2) is 13.4. The molecular weight excluding hydrogens is 412 g/mol. The Morgan fingerprint density at radius 2 is 1.31 bits per heavy atom. The fourth-order valence-electron chi connectivity index (χ4n) is 3.73. The van der Waals surface area contributed by atoms with Crippen molar-refractivity contribution in [3.63, 3.8) is 0 Å². The Hall–Kier alpha value is -2.20. The minimum Gasteiger partial charge on any atom is -0.494 e. The van der Waals surface area contributed by atoms with Crippen LogP contribution in [0.5, 0.6) is 5.75 Å². The largest absolute Gasteiger partial charge is 0.494 e. The van der Waals surface area contributed by atoms with Crippen molar-refractivity contribution in [3.8, 4) is 26.9 Å². The van der Waals surface area contributed by atoms with E-state index in [1.807, 2.05) is 12.1 Å². The second-order valence-corrected chi connectivity index (χ2v) is 9.80. The normalized spacial score (nSPS) is 12.1. The highest BCUT2D eigenvalue weighted by molar-refractivity contribution is 7.17. The molecule has 0 aliphatic heterocycles. The molecule has 0 bridgehead atoms. The lowest BCUT2D eigenvalue weighted by molar-refractivity contribution is 0.304. The highest BCUT2D eigenvalue weighted by Gasteiger charge is 2.10. The third-order valence-corrected chi connectivity index (χ3v) is 7.05. The molecule has 172 valence electrons. The molecule has 0 amide bonds. The van der Waals surface area contributed by atoms with E-state index in [1.54, 1.807) is 11.3 Å². The van der Waals surface area contributed by atoms with Crippen molar-refractivity contribution >= 4 is 11.3 Å². The molecule has 32 heavy (non-hydrogen) atoms. The van der Waals surface area contributed by atoms with Gasteiger partial charge in [0.1, 0.15) is 15.8 Å². The van der Waals surface area contributed by atoms with Gasteiger partial charge < -0.3 is 4.74 Å². The highest BCUT2D eigenvalue weighted by atomic mass is 32.1. The summed E-state index contributed by atoms with van der Waals surface area (Å²) in [6.45, 7) is 7.60. The van der Waals surface area contributed by atoms with Gasteiger partial charge in [0.25, 0.3) is 0 Å². The van der Waals surface area contributed by atoms with Gasteiger partial charge in [0.15, 0.2) is 0 Å². The summed E-state index contributed by atoms with van der Waals surface area (Å²) < 4.78 is 5.91. The Balaban J connectivity index is 1.47. The molecule has 0 N–H and O–H groups in total. The van der Waals surface area contributed by atoms with E-state index in [1.165, 1.54) is 50.5 Å². The summed E-state index contributed by atoms with van der Waals surface area (Å²) in [5.41, 5.74) is 3.61. The average molecular weight is 451 g/mol. The zero-order valence-corrected chi connectivity index (χ0v) is 20.8. The van der Waals surface area contributed by atoms with E-state index in [0.29, 0.717) is 0 Å². The molecule has 0 radical (unpaired) electrons. The molecule has 0 aliphatic carbocycles. The summed E-state index contributed by atoms with van der Waals surface area (Å²) in [6, 6.07) is 17.0. The molecule has 0 aliphatic rings. The van der Waals surface area contributed by atoms with Gasteiger partial charge in [-0.25, -0.2) is 0 Å². The number of hydrogen-bond acceptors (Lipinski definition) is 4. The van der Waals surface area contributed by atoms with Crippen LogP contribution in [0.25, 0.3) is 21.1 Å². The van der Waals surface area contributed by atoms with Crippen LogP contribution in [0.4, 0.5) is 0 Å². The maximum absolute atomic E-state index is 5.91. The molecule has 2 aromatic carbocycles. The quantitative estimate of drug-likeness (QED) is 0.231. The molecule has 0 saturated heterocycles. The van der Waals surface area contributed by atoms with E-state index >= 15 is 0 Å². The van der Waals surface area contributed by atoms with Crippen LogP contribution in [0, 0.1) is 5.92 Å².